The molecule has 0 unspecified atom stereocenters. The molecule has 108 valence electrons. The van der Waals surface area contributed by atoms with Gasteiger partial charge in [0.2, 0.25) is 0 Å². The van der Waals surface area contributed by atoms with Crippen LogP contribution in [0.3, 0.4) is 0 Å². The largest absolute Gasteiger partial charge is 0.350 e. The van der Waals surface area contributed by atoms with Crippen LogP contribution < -0.4 is 5.56 Å². The van der Waals surface area contributed by atoms with Gasteiger partial charge in [0.25, 0.3) is 5.56 Å². The van der Waals surface area contributed by atoms with Gasteiger partial charge in [0.05, 0.1) is 6.54 Å². The van der Waals surface area contributed by atoms with E-state index in [9.17, 15) is 4.79 Å². The number of rotatable bonds is 2. The lowest BCUT2D eigenvalue weighted by atomic mass is 10.1. The van der Waals surface area contributed by atoms with Crippen LogP contribution in [0.5, 0.6) is 0 Å². The van der Waals surface area contributed by atoms with E-state index in [0.717, 1.165) is 27.5 Å². The van der Waals surface area contributed by atoms with Crippen molar-refractivity contribution in [1.82, 2.24) is 9.55 Å². The summed E-state index contributed by atoms with van der Waals surface area (Å²) in [6.07, 6.45) is 0. The van der Waals surface area contributed by atoms with Gasteiger partial charge in [-0.3, -0.25) is 4.79 Å². The summed E-state index contributed by atoms with van der Waals surface area (Å²) in [6, 6.07) is 20.2. The standard InChI is InChI=1S/C19H16N2O/c1-13-11-16-15-9-5-6-10-17(15)20-18(16)19(22)21(13)12-14-7-3-2-4-8-14/h2-11,20H,12H2,1H3. The monoisotopic (exact) mass is 288 g/mol. The minimum absolute atomic E-state index is 0.0371. The molecule has 0 aliphatic carbocycles. The molecule has 2 aromatic heterocycles. The van der Waals surface area contributed by atoms with Gasteiger partial charge in [0.1, 0.15) is 5.52 Å². The van der Waals surface area contributed by atoms with Crippen LogP contribution in [0.25, 0.3) is 21.8 Å². The number of nitrogens with one attached hydrogen (secondary N) is 1. The number of fused-ring (bicyclic) bond motifs is 3. The predicted octanol–water partition coefficient (Wildman–Crippen LogP) is 3.84. The first-order valence-corrected chi connectivity index (χ1v) is 7.39. The van der Waals surface area contributed by atoms with E-state index in [1.54, 1.807) is 0 Å². The highest BCUT2D eigenvalue weighted by molar-refractivity contribution is 6.06. The number of hydrogen-bond donors (Lipinski definition) is 1. The van der Waals surface area contributed by atoms with Crippen molar-refractivity contribution in [2.75, 3.05) is 0 Å². The third-order valence-corrected chi connectivity index (χ3v) is 4.17. The van der Waals surface area contributed by atoms with Gasteiger partial charge >= 0.3 is 0 Å². The summed E-state index contributed by atoms with van der Waals surface area (Å²) in [5.41, 5.74) is 3.83. The van der Waals surface area contributed by atoms with Crippen LogP contribution in [0.15, 0.2) is 65.5 Å². The van der Waals surface area contributed by atoms with Crippen LogP contribution >= 0.6 is 0 Å². The second kappa shape index (κ2) is 4.88. The molecule has 4 aromatic rings. The Kier molecular flexibility index (Phi) is 2.86. The highest BCUT2D eigenvalue weighted by Crippen LogP contribution is 2.23. The van der Waals surface area contributed by atoms with E-state index in [1.807, 2.05) is 60.0 Å². The number of pyridine rings is 1. The first-order chi connectivity index (χ1) is 10.7. The zero-order chi connectivity index (χ0) is 15.1. The Morgan fingerprint density at radius 3 is 2.50 bits per heavy atom. The molecule has 0 aliphatic heterocycles. The van der Waals surface area contributed by atoms with E-state index in [1.165, 1.54) is 0 Å². The minimum Gasteiger partial charge on any atom is -0.350 e. The van der Waals surface area contributed by atoms with E-state index in [-0.39, 0.29) is 5.56 Å². The number of aromatic nitrogens is 2. The SMILES string of the molecule is Cc1cc2c([nH]c3ccccc32)c(=O)n1Cc1ccccc1. The highest BCUT2D eigenvalue weighted by Gasteiger charge is 2.11. The molecule has 0 amide bonds. The number of aromatic amines is 1. The van der Waals surface area contributed by atoms with Gasteiger partial charge in [0.15, 0.2) is 0 Å². The smallest absolute Gasteiger partial charge is 0.275 e. The molecule has 22 heavy (non-hydrogen) atoms. The van der Waals surface area contributed by atoms with Crippen LogP contribution in [-0.2, 0) is 6.54 Å². The number of H-pyrrole nitrogens is 1. The molecule has 0 radical (unpaired) electrons. The lowest BCUT2D eigenvalue weighted by Gasteiger charge is -2.10. The molecule has 0 bridgehead atoms. The number of benzene rings is 2. The Balaban J connectivity index is 1.97. The van der Waals surface area contributed by atoms with Crippen molar-refractivity contribution in [2.24, 2.45) is 0 Å². The summed E-state index contributed by atoms with van der Waals surface area (Å²) >= 11 is 0. The summed E-state index contributed by atoms with van der Waals surface area (Å²) in [5.74, 6) is 0. The van der Waals surface area contributed by atoms with Crippen LogP contribution in [0, 0.1) is 6.92 Å². The Labute approximate surface area is 127 Å². The van der Waals surface area contributed by atoms with Gasteiger partial charge in [-0.15, -0.1) is 0 Å². The molecule has 3 heteroatoms. The Hall–Kier alpha value is -2.81. The molecule has 1 N–H and O–H groups in total. The maximum atomic E-state index is 12.9. The average Bonchev–Trinajstić information content (AvgIpc) is 2.91. The van der Waals surface area contributed by atoms with Crippen molar-refractivity contribution in [3.8, 4) is 0 Å². The van der Waals surface area contributed by atoms with Crippen molar-refractivity contribution in [3.05, 3.63) is 82.3 Å². The maximum Gasteiger partial charge on any atom is 0.275 e. The highest BCUT2D eigenvalue weighted by atomic mass is 16.1. The molecule has 0 spiro atoms. The van der Waals surface area contributed by atoms with Crippen molar-refractivity contribution in [3.63, 3.8) is 0 Å². The van der Waals surface area contributed by atoms with E-state index >= 15 is 0 Å². The van der Waals surface area contributed by atoms with Crippen molar-refractivity contribution in [2.45, 2.75) is 13.5 Å². The Morgan fingerprint density at radius 2 is 1.68 bits per heavy atom. The second-order valence-electron chi connectivity index (χ2n) is 5.62. The van der Waals surface area contributed by atoms with Crippen LogP contribution in [-0.4, -0.2) is 9.55 Å². The molecular weight excluding hydrogens is 272 g/mol. The minimum atomic E-state index is 0.0371. The average molecular weight is 288 g/mol. The van der Waals surface area contributed by atoms with E-state index < -0.39 is 0 Å². The second-order valence-corrected chi connectivity index (χ2v) is 5.62. The van der Waals surface area contributed by atoms with Crippen LogP contribution in [0.2, 0.25) is 0 Å². The van der Waals surface area contributed by atoms with Gasteiger partial charge in [-0.25, -0.2) is 0 Å². The molecule has 0 fully saturated rings. The van der Waals surface area contributed by atoms with Crippen LogP contribution in [0.1, 0.15) is 11.3 Å². The van der Waals surface area contributed by atoms with Gasteiger partial charge in [-0.05, 0) is 24.6 Å². The maximum absolute atomic E-state index is 12.9. The predicted molar refractivity (Wildman–Crippen MR) is 90.3 cm³/mol. The first-order valence-electron chi connectivity index (χ1n) is 7.39. The summed E-state index contributed by atoms with van der Waals surface area (Å²) in [4.78, 5) is 16.1. The third kappa shape index (κ3) is 1.94. The van der Waals surface area contributed by atoms with Crippen molar-refractivity contribution in [1.29, 1.82) is 0 Å². The molecule has 3 nitrogen and oxygen atoms in total. The number of hydrogen-bond acceptors (Lipinski definition) is 1. The molecule has 0 aliphatic rings. The van der Waals surface area contributed by atoms with Gasteiger partial charge in [-0.2, -0.15) is 0 Å². The first kappa shape index (κ1) is 12.9. The lowest BCUT2D eigenvalue weighted by molar-refractivity contribution is 0.737. The van der Waals surface area contributed by atoms with Crippen molar-refractivity contribution < 1.29 is 0 Å². The van der Waals surface area contributed by atoms with E-state index in [2.05, 4.69) is 17.1 Å². The fourth-order valence-electron chi connectivity index (χ4n) is 3.03. The summed E-state index contributed by atoms with van der Waals surface area (Å²) < 4.78 is 1.83. The normalized spacial score (nSPS) is 11.3. The van der Waals surface area contributed by atoms with Crippen LogP contribution in [0.4, 0.5) is 0 Å². The number of aryl methyl sites for hydroxylation is 1. The lowest BCUT2D eigenvalue weighted by Crippen LogP contribution is -2.23. The van der Waals surface area contributed by atoms with Gasteiger partial charge < -0.3 is 9.55 Å². The zero-order valence-corrected chi connectivity index (χ0v) is 12.3. The summed E-state index contributed by atoms with van der Waals surface area (Å²) in [6.45, 7) is 2.59. The van der Waals surface area contributed by atoms with E-state index in [4.69, 9.17) is 0 Å². The molecule has 2 heterocycles. The Morgan fingerprint density at radius 1 is 0.955 bits per heavy atom. The number of para-hydroxylation sites is 1. The molecular formula is C19H16N2O. The molecule has 0 saturated heterocycles. The van der Waals surface area contributed by atoms with Gasteiger partial charge in [0, 0.05) is 22.0 Å². The fraction of sp³-hybridized carbons (Fsp3) is 0.105. The molecule has 2 aromatic carbocycles. The Bertz CT molecular complexity index is 1030. The quantitative estimate of drug-likeness (QED) is 0.598. The third-order valence-electron chi connectivity index (χ3n) is 4.17. The fourth-order valence-corrected chi connectivity index (χ4v) is 3.03. The zero-order valence-electron chi connectivity index (χ0n) is 12.3. The molecule has 4 rings (SSSR count). The summed E-state index contributed by atoms with van der Waals surface area (Å²) in [7, 11) is 0. The summed E-state index contributed by atoms with van der Waals surface area (Å²) in [5, 5.41) is 2.10. The topological polar surface area (TPSA) is 37.8 Å². The van der Waals surface area contributed by atoms with Crippen molar-refractivity contribution >= 4 is 21.8 Å². The van der Waals surface area contributed by atoms with E-state index in [0.29, 0.717) is 12.1 Å². The van der Waals surface area contributed by atoms with Gasteiger partial charge in [-0.1, -0.05) is 48.5 Å². The molecule has 0 atom stereocenters. The number of nitrogens with zero attached hydrogens (tertiary/aromatic N) is 1. The molecule has 0 saturated carbocycles.